The van der Waals surface area contributed by atoms with Crippen molar-refractivity contribution in [2.24, 2.45) is 34.5 Å². The average molecular weight is 283 g/mol. The predicted molar refractivity (Wildman–Crippen MR) is 96.1 cm³/mol. The van der Waals surface area contributed by atoms with Gasteiger partial charge in [0.15, 0.2) is 0 Å². The van der Waals surface area contributed by atoms with Crippen molar-refractivity contribution < 1.29 is 0 Å². The summed E-state index contributed by atoms with van der Waals surface area (Å²) < 4.78 is 0. The molecule has 122 valence electrons. The summed E-state index contributed by atoms with van der Waals surface area (Å²) in [5, 5.41) is 0. The third-order valence-corrected chi connectivity index (χ3v) is 4.75. The summed E-state index contributed by atoms with van der Waals surface area (Å²) in [6, 6.07) is 0. The number of hydrogen-bond donors (Lipinski definition) is 0. The summed E-state index contributed by atoms with van der Waals surface area (Å²) in [7, 11) is 0. The molecule has 0 spiro atoms. The first-order valence-corrected chi connectivity index (χ1v) is 8.24. The van der Waals surface area contributed by atoms with Crippen molar-refractivity contribution in [1.82, 2.24) is 0 Å². The fourth-order valence-electron chi connectivity index (χ4n) is 2.68. The van der Waals surface area contributed by atoms with Gasteiger partial charge in [-0.3, -0.25) is 0 Å². The minimum atomic E-state index is 0.500. The highest BCUT2D eigenvalue weighted by atomic mass is 14.5. The van der Waals surface area contributed by atoms with Gasteiger partial charge in [-0.25, -0.2) is 0 Å². The van der Waals surface area contributed by atoms with Gasteiger partial charge in [0.25, 0.3) is 0 Å². The molecule has 0 saturated heterocycles. The van der Waals surface area contributed by atoms with E-state index in [4.69, 9.17) is 0 Å². The molecule has 1 fully saturated rings. The highest BCUT2D eigenvalue weighted by Gasteiger charge is 2.46. The van der Waals surface area contributed by atoms with E-state index < -0.39 is 0 Å². The summed E-state index contributed by atoms with van der Waals surface area (Å²) in [6.07, 6.45) is 0. The third kappa shape index (κ3) is 8.82. The standard InChI is InChI=1S/C11H22.C5H12.C4H8/c1-7-8(2)10(4)11(5,6)9(7)3;1-5(2,3)4;1-4(2)3/h7-10H,1-6H3;1-4H3;1H2,2-3H3. The van der Waals surface area contributed by atoms with E-state index in [0.717, 1.165) is 23.7 Å². The molecule has 0 radical (unpaired) electrons. The molecule has 4 atom stereocenters. The van der Waals surface area contributed by atoms with Crippen LogP contribution in [-0.4, -0.2) is 0 Å². The van der Waals surface area contributed by atoms with Gasteiger partial charge in [-0.1, -0.05) is 74.8 Å². The Bertz CT molecular complexity index is 251. The zero-order valence-corrected chi connectivity index (χ0v) is 16.5. The molecule has 20 heavy (non-hydrogen) atoms. The van der Waals surface area contributed by atoms with Crippen LogP contribution >= 0.6 is 0 Å². The van der Waals surface area contributed by atoms with Crippen LogP contribution in [-0.2, 0) is 0 Å². The van der Waals surface area contributed by atoms with Gasteiger partial charge in [-0.2, -0.15) is 0 Å². The lowest BCUT2D eigenvalue weighted by atomic mass is 9.76. The maximum Gasteiger partial charge on any atom is -0.0298 e. The first-order valence-electron chi connectivity index (χ1n) is 8.24. The van der Waals surface area contributed by atoms with E-state index >= 15 is 0 Å². The van der Waals surface area contributed by atoms with Crippen molar-refractivity contribution in [3.63, 3.8) is 0 Å². The second-order valence-corrected chi connectivity index (χ2v) is 9.32. The average Bonchev–Trinajstić information content (AvgIpc) is 2.31. The van der Waals surface area contributed by atoms with Gasteiger partial charge >= 0.3 is 0 Å². The van der Waals surface area contributed by atoms with Crippen LogP contribution < -0.4 is 0 Å². The zero-order valence-electron chi connectivity index (χ0n) is 16.5. The first-order chi connectivity index (χ1) is 8.62. The number of allylic oxidation sites excluding steroid dienone is 1. The molecule has 4 unspecified atom stereocenters. The van der Waals surface area contributed by atoms with Gasteiger partial charge < -0.3 is 0 Å². The maximum atomic E-state index is 3.56. The SMILES string of the molecule is C=C(C)C.CC(C)(C)C.CC1C(C)C(C)C(C)(C)C1C. The molecule has 0 aromatic carbocycles. The van der Waals surface area contributed by atoms with Gasteiger partial charge in [0.2, 0.25) is 0 Å². The highest BCUT2D eigenvalue weighted by Crippen LogP contribution is 2.53. The van der Waals surface area contributed by atoms with Gasteiger partial charge in [-0.15, -0.1) is 6.58 Å². The van der Waals surface area contributed by atoms with E-state index in [0.29, 0.717) is 10.8 Å². The van der Waals surface area contributed by atoms with Crippen LogP contribution in [0.3, 0.4) is 0 Å². The molecule has 0 aliphatic heterocycles. The summed E-state index contributed by atoms with van der Waals surface area (Å²) in [5.41, 5.74) is 2.22. The Balaban J connectivity index is 0. The molecule has 0 heteroatoms. The molecule has 0 aromatic rings. The van der Waals surface area contributed by atoms with Crippen LogP contribution in [0.1, 0.15) is 83.1 Å². The van der Waals surface area contributed by atoms with Gasteiger partial charge in [-0.05, 0) is 48.3 Å². The second kappa shape index (κ2) is 8.25. The molecule has 1 saturated carbocycles. The van der Waals surface area contributed by atoms with E-state index in [9.17, 15) is 0 Å². The van der Waals surface area contributed by atoms with Crippen molar-refractivity contribution in [2.45, 2.75) is 83.1 Å². The Morgan fingerprint density at radius 3 is 1.00 bits per heavy atom. The third-order valence-electron chi connectivity index (χ3n) is 4.75. The maximum absolute atomic E-state index is 3.56. The van der Waals surface area contributed by atoms with Crippen LogP contribution in [0.2, 0.25) is 0 Å². The molecule has 0 heterocycles. The Morgan fingerprint density at radius 1 is 0.800 bits per heavy atom. The van der Waals surface area contributed by atoms with Crippen molar-refractivity contribution in [2.75, 3.05) is 0 Å². The summed E-state index contributed by atoms with van der Waals surface area (Å²) in [4.78, 5) is 0. The molecule has 0 aromatic heterocycles. The summed E-state index contributed by atoms with van der Waals surface area (Å²) >= 11 is 0. The molecule has 1 rings (SSSR count). The van der Waals surface area contributed by atoms with Gasteiger partial charge in [0.1, 0.15) is 0 Å². The Labute approximate surface area is 130 Å². The quantitative estimate of drug-likeness (QED) is 0.412. The monoisotopic (exact) mass is 282 g/mol. The molecule has 0 bridgehead atoms. The molecular weight excluding hydrogens is 240 g/mol. The normalized spacial score (nSPS) is 31.6. The molecular formula is C20H42. The van der Waals surface area contributed by atoms with E-state index in [-0.39, 0.29) is 0 Å². The summed E-state index contributed by atoms with van der Waals surface area (Å²) in [6.45, 7) is 30.7. The van der Waals surface area contributed by atoms with Crippen LogP contribution in [0.15, 0.2) is 12.2 Å². The van der Waals surface area contributed by atoms with E-state index in [1.54, 1.807) is 0 Å². The Morgan fingerprint density at radius 2 is 0.950 bits per heavy atom. The predicted octanol–water partition coefficient (Wildman–Crippen LogP) is 7.21. The highest BCUT2D eigenvalue weighted by molar-refractivity contribution is 4.95. The lowest BCUT2D eigenvalue weighted by molar-refractivity contribution is 0.193. The van der Waals surface area contributed by atoms with Crippen molar-refractivity contribution in [3.05, 3.63) is 12.2 Å². The van der Waals surface area contributed by atoms with Crippen LogP contribution in [0.25, 0.3) is 0 Å². The zero-order chi connectivity index (χ0) is 16.9. The molecule has 1 aliphatic carbocycles. The van der Waals surface area contributed by atoms with Gasteiger partial charge in [0.05, 0.1) is 0 Å². The lowest BCUT2D eigenvalue weighted by Crippen LogP contribution is -2.22. The van der Waals surface area contributed by atoms with E-state index in [1.807, 2.05) is 13.8 Å². The molecule has 0 nitrogen and oxygen atoms in total. The Kier molecular flexibility index (Phi) is 9.08. The number of rotatable bonds is 0. The van der Waals surface area contributed by atoms with Crippen molar-refractivity contribution >= 4 is 0 Å². The molecule has 1 aliphatic rings. The lowest BCUT2D eigenvalue weighted by Gasteiger charge is -2.30. The topological polar surface area (TPSA) is 0 Å². The molecule has 0 N–H and O–H groups in total. The van der Waals surface area contributed by atoms with E-state index in [1.165, 1.54) is 5.57 Å². The van der Waals surface area contributed by atoms with E-state index in [2.05, 4.69) is 75.8 Å². The van der Waals surface area contributed by atoms with Crippen LogP contribution in [0.4, 0.5) is 0 Å². The Hall–Kier alpha value is -0.260. The molecule has 0 amide bonds. The fraction of sp³-hybridized carbons (Fsp3) is 0.900. The van der Waals surface area contributed by atoms with Crippen molar-refractivity contribution in [3.8, 4) is 0 Å². The smallest absolute Gasteiger partial charge is 0.0298 e. The fourth-order valence-corrected chi connectivity index (χ4v) is 2.68. The van der Waals surface area contributed by atoms with Crippen molar-refractivity contribution in [1.29, 1.82) is 0 Å². The van der Waals surface area contributed by atoms with Gasteiger partial charge in [0, 0.05) is 0 Å². The van der Waals surface area contributed by atoms with Crippen LogP contribution in [0, 0.1) is 34.5 Å². The number of hydrogen-bond acceptors (Lipinski definition) is 0. The minimum Gasteiger partial charge on any atom is -0.100 e. The largest absolute Gasteiger partial charge is 0.100 e. The van der Waals surface area contributed by atoms with Crippen LogP contribution in [0.5, 0.6) is 0 Å². The second-order valence-electron chi connectivity index (χ2n) is 9.32. The minimum absolute atomic E-state index is 0.500. The first kappa shape index (κ1) is 22.0. The summed E-state index contributed by atoms with van der Waals surface area (Å²) in [5.74, 6) is 3.57.